The van der Waals surface area contributed by atoms with E-state index in [1.54, 1.807) is 7.11 Å². The van der Waals surface area contributed by atoms with Crippen molar-refractivity contribution in [3.63, 3.8) is 0 Å². The van der Waals surface area contributed by atoms with Gasteiger partial charge in [0.05, 0.1) is 13.7 Å². The molecule has 0 heterocycles. The largest absolute Gasteiger partial charge is 0.497 e. The van der Waals surface area contributed by atoms with E-state index in [4.69, 9.17) is 9.47 Å². The van der Waals surface area contributed by atoms with Crippen LogP contribution in [0.1, 0.15) is 193 Å². The first-order valence-electron chi connectivity index (χ1n) is 18.6. The van der Waals surface area contributed by atoms with Crippen molar-refractivity contribution in [1.29, 1.82) is 0 Å². The molecule has 1 aromatic rings. The maximum absolute atomic E-state index is 11.0. The van der Waals surface area contributed by atoms with E-state index in [0.717, 1.165) is 24.2 Å². The third kappa shape index (κ3) is 23.4. The second kappa shape index (κ2) is 30.0. The van der Waals surface area contributed by atoms with Gasteiger partial charge in [0.15, 0.2) is 6.29 Å². The molecule has 3 nitrogen and oxygen atoms in total. The molecule has 0 amide bonds. The predicted octanol–water partition coefficient (Wildman–Crippen LogP) is 12.7. The second-order valence-corrected chi connectivity index (χ2v) is 13.0. The van der Waals surface area contributed by atoms with Gasteiger partial charge in [0.1, 0.15) is 5.75 Å². The number of aliphatic hydroxyl groups is 1. The number of methoxy groups -OCH3 is 1. The van der Waals surface area contributed by atoms with Crippen molar-refractivity contribution < 1.29 is 14.6 Å². The maximum Gasteiger partial charge on any atom is 0.157 e. The topological polar surface area (TPSA) is 38.7 Å². The highest BCUT2D eigenvalue weighted by Crippen LogP contribution is 2.24. The summed E-state index contributed by atoms with van der Waals surface area (Å²) in [5, 5.41) is 11.0. The molecule has 1 aromatic carbocycles. The molecule has 0 saturated carbocycles. The molecule has 0 spiro atoms. The summed E-state index contributed by atoms with van der Waals surface area (Å²) in [5.41, 5.74) is 1.08. The fourth-order valence-corrected chi connectivity index (χ4v) is 6.14. The SMILES string of the molecule is CCCCCCCCCCCCCCCC(CCCCCCCCCCCCCC)[C@H](O)OCc1ccc(OC)cc1. The smallest absolute Gasteiger partial charge is 0.157 e. The lowest BCUT2D eigenvalue weighted by Crippen LogP contribution is -2.24. The molecule has 0 bridgehead atoms. The number of ether oxygens (including phenoxy) is 2. The van der Waals surface area contributed by atoms with Crippen molar-refractivity contribution in [2.75, 3.05) is 7.11 Å². The Labute approximate surface area is 262 Å². The van der Waals surface area contributed by atoms with Crippen molar-refractivity contribution in [3.05, 3.63) is 29.8 Å². The van der Waals surface area contributed by atoms with Crippen LogP contribution in [0.3, 0.4) is 0 Å². The standard InChI is InChI=1S/C39H72O3/c1-4-6-8-10-12-14-16-18-20-22-24-26-28-30-37(39(40)42-35-36-31-33-38(41-3)34-32-36)29-27-25-23-21-19-17-15-13-11-9-7-5-2/h31-34,37,39-40H,4-30,35H2,1-3H3/t37?,39-/m1/s1. The van der Waals surface area contributed by atoms with Gasteiger partial charge in [0.25, 0.3) is 0 Å². The Balaban J connectivity index is 2.23. The van der Waals surface area contributed by atoms with E-state index in [0.29, 0.717) is 6.61 Å². The summed E-state index contributed by atoms with van der Waals surface area (Å²) in [7, 11) is 1.69. The molecule has 0 saturated heterocycles. The number of aliphatic hydroxyl groups excluding tert-OH is 1. The Hall–Kier alpha value is -1.06. The highest BCUT2D eigenvalue weighted by Gasteiger charge is 2.19. The van der Waals surface area contributed by atoms with Crippen molar-refractivity contribution >= 4 is 0 Å². The second-order valence-electron chi connectivity index (χ2n) is 13.0. The van der Waals surface area contributed by atoms with Crippen molar-refractivity contribution in [1.82, 2.24) is 0 Å². The Kier molecular flexibility index (Phi) is 27.8. The molecule has 0 radical (unpaired) electrons. The highest BCUT2D eigenvalue weighted by molar-refractivity contribution is 5.26. The predicted molar refractivity (Wildman–Crippen MR) is 183 cm³/mol. The van der Waals surface area contributed by atoms with E-state index in [2.05, 4.69) is 13.8 Å². The summed E-state index contributed by atoms with van der Waals surface area (Å²) >= 11 is 0. The molecule has 1 N–H and O–H groups in total. The number of hydrogen-bond acceptors (Lipinski definition) is 3. The molecular formula is C39H72O3. The van der Waals surface area contributed by atoms with Crippen LogP contribution in [0.2, 0.25) is 0 Å². The van der Waals surface area contributed by atoms with Gasteiger partial charge in [0, 0.05) is 5.92 Å². The van der Waals surface area contributed by atoms with Crippen LogP contribution >= 0.6 is 0 Å². The summed E-state index contributed by atoms with van der Waals surface area (Å²) in [6, 6.07) is 7.97. The third-order valence-electron chi connectivity index (χ3n) is 9.09. The summed E-state index contributed by atoms with van der Waals surface area (Å²) < 4.78 is 11.3. The lowest BCUT2D eigenvalue weighted by Gasteiger charge is -2.23. The Morgan fingerprint density at radius 3 is 1.17 bits per heavy atom. The quantitative estimate of drug-likeness (QED) is 0.0672. The van der Waals surface area contributed by atoms with E-state index in [1.807, 2.05) is 24.3 Å². The zero-order chi connectivity index (χ0) is 30.4. The summed E-state index contributed by atoms with van der Waals surface area (Å²) in [6.45, 7) is 5.04. The molecular weight excluding hydrogens is 516 g/mol. The van der Waals surface area contributed by atoms with Crippen LogP contribution in [0.4, 0.5) is 0 Å². The molecule has 2 atom stereocenters. The van der Waals surface area contributed by atoms with Gasteiger partial charge in [-0.2, -0.15) is 0 Å². The maximum atomic E-state index is 11.0. The van der Waals surface area contributed by atoms with Gasteiger partial charge in [0.2, 0.25) is 0 Å². The molecule has 0 aliphatic rings. The first kappa shape index (κ1) is 39.0. The van der Waals surface area contributed by atoms with Crippen LogP contribution in [0.25, 0.3) is 0 Å². The number of hydrogen-bond donors (Lipinski definition) is 1. The van der Waals surface area contributed by atoms with Crippen LogP contribution in [0.5, 0.6) is 5.75 Å². The molecule has 3 heteroatoms. The minimum Gasteiger partial charge on any atom is -0.497 e. The number of benzene rings is 1. The van der Waals surface area contributed by atoms with E-state index in [9.17, 15) is 5.11 Å². The van der Waals surface area contributed by atoms with Crippen LogP contribution in [-0.2, 0) is 11.3 Å². The first-order valence-corrected chi connectivity index (χ1v) is 18.6. The summed E-state index contributed by atoms with van der Waals surface area (Å²) in [5.74, 6) is 1.10. The van der Waals surface area contributed by atoms with Crippen molar-refractivity contribution in [2.24, 2.45) is 5.92 Å². The lowest BCUT2D eigenvalue weighted by molar-refractivity contribution is -0.145. The Morgan fingerprint density at radius 2 is 0.833 bits per heavy atom. The van der Waals surface area contributed by atoms with Crippen molar-refractivity contribution in [3.8, 4) is 5.75 Å². The summed E-state index contributed by atoms with van der Waals surface area (Å²) in [4.78, 5) is 0. The van der Waals surface area contributed by atoms with Gasteiger partial charge in [-0.3, -0.25) is 0 Å². The average Bonchev–Trinajstić information content (AvgIpc) is 3.01. The van der Waals surface area contributed by atoms with E-state index in [1.165, 1.54) is 161 Å². The molecule has 0 fully saturated rings. The zero-order valence-corrected chi connectivity index (χ0v) is 28.5. The van der Waals surface area contributed by atoms with Gasteiger partial charge in [-0.1, -0.05) is 187 Å². The Bertz CT molecular complexity index is 658. The normalized spacial score (nSPS) is 13.0. The minimum absolute atomic E-state index is 0.249. The van der Waals surface area contributed by atoms with Crippen LogP contribution in [0.15, 0.2) is 24.3 Å². The monoisotopic (exact) mass is 589 g/mol. The van der Waals surface area contributed by atoms with Gasteiger partial charge in [-0.15, -0.1) is 0 Å². The molecule has 0 aliphatic carbocycles. The summed E-state index contributed by atoms with van der Waals surface area (Å²) in [6.07, 6.45) is 35.9. The molecule has 246 valence electrons. The highest BCUT2D eigenvalue weighted by atomic mass is 16.6. The molecule has 0 aromatic heterocycles. The third-order valence-corrected chi connectivity index (χ3v) is 9.09. The average molecular weight is 589 g/mol. The molecule has 1 rings (SSSR count). The fraction of sp³-hybridized carbons (Fsp3) is 0.846. The molecule has 42 heavy (non-hydrogen) atoms. The van der Waals surface area contributed by atoms with Gasteiger partial charge in [-0.05, 0) is 30.5 Å². The van der Waals surface area contributed by atoms with Gasteiger partial charge >= 0.3 is 0 Å². The van der Waals surface area contributed by atoms with Crippen LogP contribution in [0, 0.1) is 5.92 Å². The number of unbranched alkanes of at least 4 members (excludes halogenated alkanes) is 23. The van der Waals surface area contributed by atoms with Crippen LogP contribution in [-0.4, -0.2) is 18.5 Å². The molecule has 1 unspecified atom stereocenters. The first-order chi connectivity index (χ1) is 20.7. The van der Waals surface area contributed by atoms with Gasteiger partial charge < -0.3 is 14.6 Å². The number of rotatable bonds is 32. The fourth-order valence-electron chi connectivity index (χ4n) is 6.14. The molecule has 0 aliphatic heterocycles. The van der Waals surface area contributed by atoms with Crippen molar-refractivity contribution in [2.45, 2.75) is 200 Å². The Morgan fingerprint density at radius 1 is 0.500 bits per heavy atom. The zero-order valence-electron chi connectivity index (χ0n) is 28.5. The van der Waals surface area contributed by atoms with Gasteiger partial charge in [-0.25, -0.2) is 0 Å². The lowest BCUT2D eigenvalue weighted by atomic mass is 9.93. The van der Waals surface area contributed by atoms with E-state index >= 15 is 0 Å². The minimum atomic E-state index is -0.669. The van der Waals surface area contributed by atoms with E-state index < -0.39 is 6.29 Å². The van der Waals surface area contributed by atoms with Crippen LogP contribution < -0.4 is 4.74 Å². The van der Waals surface area contributed by atoms with E-state index in [-0.39, 0.29) is 5.92 Å².